The van der Waals surface area contributed by atoms with Gasteiger partial charge in [-0.2, -0.15) is 0 Å². The Labute approximate surface area is 176 Å². The van der Waals surface area contributed by atoms with Crippen molar-refractivity contribution in [2.24, 2.45) is 0 Å². The van der Waals surface area contributed by atoms with Crippen LogP contribution in [-0.4, -0.2) is 48.5 Å². The van der Waals surface area contributed by atoms with Gasteiger partial charge in [-0.1, -0.05) is 91.0 Å². The summed E-state index contributed by atoms with van der Waals surface area (Å²) >= 11 is 0. The molecule has 1 aliphatic heterocycles. The van der Waals surface area contributed by atoms with Gasteiger partial charge in [-0.3, -0.25) is 0 Å². The summed E-state index contributed by atoms with van der Waals surface area (Å²) < 4.78 is 17.4. The fraction of sp³-hybridized carbons (Fsp3) is 0.280. The number of benzene rings is 3. The normalized spacial score (nSPS) is 24.1. The third-order valence-corrected chi connectivity index (χ3v) is 5.56. The van der Waals surface area contributed by atoms with E-state index < -0.39 is 30.2 Å². The quantitative estimate of drug-likeness (QED) is 0.590. The van der Waals surface area contributed by atoms with E-state index in [1.165, 1.54) is 7.11 Å². The number of methoxy groups -OCH3 is 1. The predicted octanol–water partition coefficient (Wildman–Crippen LogP) is 3.09. The van der Waals surface area contributed by atoms with Crippen LogP contribution in [0.15, 0.2) is 91.0 Å². The monoisotopic (exact) mass is 406 g/mol. The van der Waals surface area contributed by atoms with E-state index >= 15 is 0 Å². The van der Waals surface area contributed by atoms with E-state index in [1.807, 2.05) is 91.0 Å². The van der Waals surface area contributed by atoms with Crippen LogP contribution in [0.1, 0.15) is 16.7 Å². The highest BCUT2D eigenvalue weighted by molar-refractivity contribution is 5.47. The molecule has 3 aromatic carbocycles. The highest BCUT2D eigenvalue weighted by atomic mass is 16.7. The van der Waals surface area contributed by atoms with Gasteiger partial charge in [0, 0.05) is 7.11 Å². The van der Waals surface area contributed by atoms with E-state index in [0.717, 1.165) is 16.7 Å². The summed E-state index contributed by atoms with van der Waals surface area (Å²) in [7, 11) is 1.44. The average Bonchev–Trinajstić information content (AvgIpc) is 3.09. The number of hydrogen-bond acceptors (Lipinski definition) is 5. The van der Waals surface area contributed by atoms with Crippen molar-refractivity contribution in [1.29, 1.82) is 0 Å². The van der Waals surface area contributed by atoms with Gasteiger partial charge >= 0.3 is 0 Å². The molecule has 0 spiro atoms. The summed E-state index contributed by atoms with van der Waals surface area (Å²) in [6.07, 6.45) is -3.83. The lowest BCUT2D eigenvalue weighted by Crippen LogP contribution is -2.39. The maximum absolute atomic E-state index is 10.4. The van der Waals surface area contributed by atoms with Crippen LogP contribution in [0.2, 0.25) is 0 Å². The van der Waals surface area contributed by atoms with Gasteiger partial charge in [-0.25, -0.2) is 0 Å². The Hall–Kier alpha value is -2.54. The van der Waals surface area contributed by atoms with Crippen molar-refractivity contribution in [2.45, 2.75) is 30.2 Å². The van der Waals surface area contributed by atoms with Crippen molar-refractivity contribution < 1.29 is 24.4 Å². The Kier molecular flexibility index (Phi) is 6.27. The second-order valence-corrected chi connectivity index (χ2v) is 7.35. The van der Waals surface area contributed by atoms with Crippen LogP contribution < -0.4 is 0 Å². The second-order valence-electron chi connectivity index (χ2n) is 7.35. The molecule has 4 rings (SSSR count). The van der Waals surface area contributed by atoms with Gasteiger partial charge in [-0.05, 0) is 16.7 Å². The van der Waals surface area contributed by atoms with Crippen LogP contribution in [0.3, 0.4) is 0 Å². The minimum atomic E-state index is -1.12. The molecule has 30 heavy (non-hydrogen) atoms. The molecule has 0 aliphatic carbocycles. The number of aliphatic hydroxyl groups excluding tert-OH is 2. The molecule has 0 amide bonds. The van der Waals surface area contributed by atoms with Gasteiger partial charge in [0.1, 0.15) is 23.9 Å². The molecule has 5 heteroatoms. The number of hydrogen-bond donors (Lipinski definition) is 2. The van der Waals surface area contributed by atoms with Crippen LogP contribution >= 0.6 is 0 Å². The van der Waals surface area contributed by atoms with E-state index in [1.54, 1.807) is 0 Å². The topological polar surface area (TPSA) is 68.2 Å². The first-order valence-corrected chi connectivity index (χ1v) is 10.0. The van der Waals surface area contributed by atoms with Gasteiger partial charge in [0.2, 0.25) is 0 Å². The zero-order chi connectivity index (χ0) is 21.0. The summed E-state index contributed by atoms with van der Waals surface area (Å²) in [5, 5.41) is 20.6. The molecule has 0 bridgehead atoms. The lowest BCUT2D eigenvalue weighted by Gasteiger charge is -2.37. The summed E-state index contributed by atoms with van der Waals surface area (Å²) in [6.45, 7) is 0.0662. The fourth-order valence-corrected chi connectivity index (χ4v) is 4.02. The number of aliphatic hydroxyl groups is 2. The zero-order valence-corrected chi connectivity index (χ0v) is 16.8. The number of rotatable bonds is 7. The molecular formula is C25H26O5. The first-order valence-electron chi connectivity index (χ1n) is 10.0. The molecule has 0 radical (unpaired) electrons. The molecule has 2 N–H and O–H groups in total. The molecule has 156 valence electrons. The molecule has 3 aromatic rings. The first kappa shape index (κ1) is 20.7. The largest absolute Gasteiger partial charge is 0.387 e. The minimum absolute atomic E-state index is 0.0662. The van der Waals surface area contributed by atoms with Crippen molar-refractivity contribution >= 4 is 0 Å². The second kappa shape index (κ2) is 9.08. The van der Waals surface area contributed by atoms with Gasteiger partial charge in [0.25, 0.3) is 0 Å². The van der Waals surface area contributed by atoms with E-state index in [0.29, 0.717) is 0 Å². The molecule has 1 fully saturated rings. The third-order valence-electron chi connectivity index (χ3n) is 5.56. The Morgan fingerprint density at radius 3 is 1.53 bits per heavy atom. The predicted molar refractivity (Wildman–Crippen MR) is 113 cm³/mol. The molecule has 0 aromatic heterocycles. The maximum Gasteiger partial charge on any atom is 0.186 e. The minimum Gasteiger partial charge on any atom is -0.387 e. The first-order chi connectivity index (χ1) is 14.7. The van der Waals surface area contributed by atoms with E-state index in [4.69, 9.17) is 14.2 Å². The van der Waals surface area contributed by atoms with Gasteiger partial charge in [-0.15, -0.1) is 0 Å². The molecule has 5 nitrogen and oxygen atoms in total. The van der Waals surface area contributed by atoms with Crippen LogP contribution in [-0.2, 0) is 19.8 Å². The Morgan fingerprint density at radius 2 is 1.17 bits per heavy atom. The summed E-state index contributed by atoms with van der Waals surface area (Å²) in [5.41, 5.74) is 1.96. The Balaban J connectivity index is 1.78. The van der Waals surface area contributed by atoms with Crippen molar-refractivity contribution in [3.05, 3.63) is 108 Å². The molecule has 1 heterocycles. The van der Waals surface area contributed by atoms with Crippen molar-refractivity contribution in [3.63, 3.8) is 0 Å². The molecule has 0 unspecified atom stereocenters. The molecule has 4 atom stereocenters. The van der Waals surface area contributed by atoms with Crippen LogP contribution in [0, 0.1) is 0 Å². The highest BCUT2D eigenvalue weighted by Gasteiger charge is 2.45. The standard InChI is InChI=1S/C25H26O5/c1-28-24-23(27)22(26)21(30-24)17-29-25(18-11-5-2-6-12-18,19-13-7-3-8-14-19)20-15-9-4-10-16-20/h2-16,21-24,26-27H,17H2,1H3/t21-,22-,23+,24+/m0/s1. The van der Waals surface area contributed by atoms with Gasteiger partial charge in [0.15, 0.2) is 6.29 Å². The SMILES string of the molecule is CO[C@@H]1O[C@@H](COC(c2ccccc2)(c2ccccc2)c2ccccc2)[C@H](O)[C@H]1O. The third kappa shape index (κ3) is 3.78. The van der Waals surface area contributed by atoms with Crippen molar-refractivity contribution in [2.75, 3.05) is 13.7 Å². The zero-order valence-electron chi connectivity index (χ0n) is 16.8. The van der Waals surface area contributed by atoms with Crippen LogP contribution in [0.5, 0.6) is 0 Å². The fourth-order valence-electron chi connectivity index (χ4n) is 4.02. The Morgan fingerprint density at radius 1 is 0.733 bits per heavy atom. The van der Waals surface area contributed by atoms with E-state index in [-0.39, 0.29) is 6.61 Å². The summed E-state index contributed by atoms with van der Waals surface area (Å²) in [6, 6.07) is 29.9. The van der Waals surface area contributed by atoms with Gasteiger partial charge in [0.05, 0.1) is 6.61 Å². The molecule has 1 aliphatic rings. The summed E-state index contributed by atoms with van der Waals surface area (Å²) in [5.74, 6) is 0. The van der Waals surface area contributed by atoms with Crippen molar-refractivity contribution in [3.8, 4) is 0 Å². The summed E-state index contributed by atoms with van der Waals surface area (Å²) in [4.78, 5) is 0. The van der Waals surface area contributed by atoms with Crippen LogP contribution in [0.4, 0.5) is 0 Å². The van der Waals surface area contributed by atoms with Crippen molar-refractivity contribution in [1.82, 2.24) is 0 Å². The lowest BCUT2D eigenvalue weighted by atomic mass is 9.80. The van der Waals surface area contributed by atoms with Gasteiger partial charge < -0.3 is 24.4 Å². The Bertz CT molecular complexity index is 819. The molecule has 1 saturated heterocycles. The van der Waals surface area contributed by atoms with E-state index in [2.05, 4.69) is 0 Å². The van der Waals surface area contributed by atoms with Crippen LogP contribution in [0.25, 0.3) is 0 Å². The number of ether oxygens (including phenoxy) is 3. The average molecular weight is 406 g/mol. The molecule has 0 saturated carbocycles. The smallest absolute Gasteiger partial charge is 0.186 e. The highest BCUT2D eigenvalue weighted by Crippen LogP contribution is 2.41. The maximum atomic E-state index is 10.4. The van der Waals surface area contributed by atoms with E-state index in [9.17, 15) is 10.2 Å². The molecular weight excluding hydrogens is 380 g/mol. The lowest BCUT2D eigenvalue weighted by molar-refractivity contribution is -0.162.